The Kier molecular flexibility index (Phi) is 9.38. The SMILES string of the molecule is COc1nc(-c2cccc(-c3cccc(NC(=O)c4ccnn(C)c4=O)c3Cl)c2Cl)cc(F)c1CNC1CCOCC1O. The largest absolute Gasteiger partial charge is 0.481 e. The Labute approximate surface area is 256 Å². The highest BCUT2D eigenvalue weighted by Gasteiger charge is 2.25. The minimum absolute atomic E-state index is 0.0792. The number of aryl methyl sites for hydroxylation is 1. The number of hydrogen-bond acceptors (Lipinski definition) is 8. The van der Waals surface area contributed by atoms with Crippen molar-refractivity contribution in [2.75, 3.05) is 25.6 Å². The summed E-state index contributed by atoms with van der Waals surface area (Å²) in [5.41, 5.74) is 1.52. The lowest BCUT2D eigenvalue weighted by Crippen LogP contribution is -2.46. The van der Waals surface area contributed by atoms with Crippen LogP contribution < -0.4 is 20.9 Å². The Hall–Kier alpha value is -3.87. The molecular formula is C30H28Cl2FN5O5. The molecule has 0 saturated carbocycles. The van der Waals surface area contributed by atoms with Gasteiger partial charge in [0.1, 0.15) is 11.4 Å². The number of hydrogen-bond donors (Lipinski definition) is 3. The molecule has 1 saturated heterocycles. The van der Waals surface area contributed by atoms with Crippen LogP contribution in [-0.2, 0) is 18.3 Å². The van der Waals surface area contributed by atoms with Gasteiger partial charge in [0.15, 0.2) is 0 Å². The van der Waals surface area contributed by atoms with Gasteiger partial charge in [0.05, 0.1) is 46.8 Å². The fourth-order valence-electron chi connectivity index (χ4n) is 4.82. The molecule has 1 aliphatic rings. The van der Waals surface area contributed by atoms with Gasteiger partial charge in [-0.3, -0.25) is 9.59 Å². The first-order chi connectivity index (χ1) is 20.7. The second-order valence-corrected chi connectivity index (χ2v) is 10.6. The van der Waals surface area contributed by atoms with Crippen LogP contribution >= 0.6 is 23.2 Å². The van der Waals surface area contributed by atoms with Gasteiger partial charge in [0, 0.05) is 55.2 Å². The zero-order valence-corrected chi connectivity index (χ0v) is 24.7. The third-order valence-corrected chi connectivity index (χ3v) is 7.97. The highest BCUT2D eigenvalue weighted by molar-refractivity contribution is 6.39. The van der Waals surface area contributed by atoms with Crippen LogP contribution in [0.5, 0.6) is 5.88 Å². The quantitative estimate of drug-likeness (QED) is 0.261. The summed E-state index contributed by atoms with van der Waals surface area (Å²) in [5, 5.41) is 20.3. The molecule has 4 aromatic rings. The summed E-state index contributed by atoms with van der Waals surface area (Å²) in [4.78, 5) is 29.7. The molecule has 3 heterocycles. The minimum atomic E-state index is -0.696. The van der Waals surface area contributed by atoms with Crippen molar-refractivity contribution in [2.24, 2.45) is 7.05 Å². The number of anilines is 1. The Bertz CT molecular complexity index is 1730. The van der Waals surface area contributed by atoms with Crippen molar-refractivity contribution in [2.45, 2.75) is 25.1 Å². The number of carbonyl (C=O) groups is 1. The molecule has 1 aliphatic heterocycles. The van der Waals surface area contributed by atoms with E-state index in [0.29, 0.717) is 29.7 Å². The average Bonchev–Trinajstić information content (AvgIpc) is 2.99. The molecule has 224 valence electrons. The summed E-state index contributed by atoms with van der Waals surface area (Å²) >= 11 is 13.6. The molecule has 0 spiro atoms. The van der Waals surface area contributed by atoms with Crippen molar-refractivity contribution in [3.05, 3.63) is 92.1 Å². The highest BCUT2D eigenvalue weighted by atomic mass is 35.5. The Morgan fingerprint density at radius 1 is 1.16 bits per heavy atom. The van der Waals surface area contributed by atoms with E-state index in [1.165, 1.54) is 32.5 Å². The molecule has 0 bridgehead atoms. The summed E-state index contributed by atoms with van der Waals surface area (Å²) in [6, 6.07) is 12.5. The second-order valence-electron chi connectivity index (χ2n) is 9.86. The summed E-state index contributed by atoms with van der Waals surface area (Å²) in [6.45, 7) is 0.815. The fourth-order valence-corrected chi connectivity index (χ4v) is 5.42. The van der Waals surface area contributed by atoms with Crippen molar-refractivity contribution in [1.29, 1.82) is 0 Å². The van der Waals surface area contributed by atoms with Crippen molar-refractivity contribution in [3.8, 4) is 28.3 Å². The number of halogens is 3. The van der Waals surface area contributed by atoms with E-state index in [9.17, 15) is 14.7 Å². The van der Waals surface area contributed by atoms with Gasteiger partial charge in [-0.2, -0.15) is 5.10 Å². The van der Waals surface area contributed by atoms with Gasteiger partial charge in [-0.25, -0.2) is 14.1 Å². The van der Waals surface area contributed by atoms with E-state index in [2.05, 4.69) is 20.7 Å². The number of methoxy groups -OCH3 is 1. The Morgan fingerprint density at radius 2 is 1.88 bits per heavy atom. The molecule has 2 aromatic heterocycles. The number of rotatable bonds is 8. The average molecular weight is 628 g/mol. The first-order valence-corrected chi connectivity index (χ1v) is 14.1. The summed E-state index contributed by atoms with van der Waals surface area (Å²) in [7, 11) is 2.85. The second kappa shape index (κ2) is 13.2. The highest BCUT2D eigenvalue weighted by Crippen LogP contribution is 2.41. The van der Waals surface area contributed by atoms with Crippen molar-refractivity contribution < 1.29 is 23.8 Å². The number of benzene rings is 2. The Balaban J connectivity index is 1.44. The summed E-state index contributed by atoms with van der Waals surface area (Å²) < 4.78 is 27.2. The van der Waals surface area contributed by atoms with Gasteiger partial charge in [-0.15, -0.1) is 0 Å². The third-order valence-electron chi connectivity index (χ3n) is 7.15. The van der Waals surface area contributed by atoms with Gasteiger partial charge < -0.3 is 25.2 Å². The predicted octanol–water partition coefficient (Wildman–Crippen LogP) is 4.46. The molecule has 1 amide bonds. The van der Waals surface area contributed by atoms with Crippen LogP contribution in [0.4, 0.5) is 10.1 Å². The third kappa shape index (κ3) is 6.41. The van der Waals surface area contributed by atoms with Crippen molar-refractivity contribution >= 4 is 34.8 Å². The van der Waals surface area contributed by atoms with Gasteiger partial charge in [0.25, 0.3) is 11.5 Å². The Morgan fingerprint density at radius 3 is 2.63 bits per heavy atom. The summed E-state index contributed by atoms with van der Waals surface area (Å²) in [5.74, 6) is -1.12. The maximum Gasteiger partial charge on any atom is 0.279 e. The lowest BCUT2D eigenvalue weighted by atomic mass is 10.00. The zero-order valence-electron chi connectivity index (χ0n) is 23.2. The van der Waals surface area contributed by atoms with Crippen LogP contribution in [-0.4, -0.2) is 58.2 Å². The van der Waals surface area contributed by atoms with E-state index in [0.717, 1.165) is 4.68 Å². The normalized spacial score (nSPS) is 16.6. The zero-order chi connectivity index (χ0) is 30.7. The van der Waals surface area contributed by atoms with Crippen LogP contribution in [0.2, 0.25) is 10.0 Å². The minimum Gasteiger partial charge on any atom is -0.481 e. The van der Waals surface area contributed by atoms with E-state index < -0.39 is 23.4 Å². The van der Waals surface area contributed by atoms with Crippen molar-refractivity contribution in [3.63, 3.8) is 0 Å². The van der Waals surface area contributed by atoms with E-state index in [1.54, 1.807) is 36.4 Å². The molecule has 2 atom stereocenters. The standard InChI is InChI=1S/C30H28Cl2FN5O5/c1-38-30(41)19(9-11-35-38)28(40)36-23-8-4-6-17(27(23)32)16-5-3-7-18(26(16)31)24-13-21(33)20(29(37-24)42-2)14-34-22-10-12-43-15-25(22)39/h3-9,11,13,22,25,34,39H,10,12,14-15H2,1-2H3,(H,36,40). The number of amides is 1. The topological polar surface area (TPSA) is 128 Å². The van der Waals surface area contributed by atoms with Gasteiger partial charge in [-0.1, -0.05) is 53.5 Å². The van der Waals surface area contributed by atoms with Gasteiger partial charge >= 0.3 is 0 Å². The van der Waals surface area contributed by atoms with Crippen LogP contribution in [0.1, 0.15) is 22.3 Å². The lowest BCUT2D eigenvalue weighted by molar-refractivity contribution is -0.0281. The first kappa shape index (κ1) is 30.6. The molecule has 10 nitrogen and oxygen atoms in total. The van der Waals surface area contributed by atoms with Crippen LogP contribution in [0, 0.1) is 5.82 Å². The van der Waals surface area contributed by atoms with E-state index >= 15 is 4.39 Å². The van der Waals surface area contributed by atoms with Crippen molar-refractivity contribution in [1.82, 2.24) is 20.1 Å². The molecule has 0 aliphatic carbocycles. The monoisotopic (exact) mass is 627 g/mol. The number of ether oxygens (including phenoxy) is 2. The van der Waals surface area contributed by atoms with Crippen LogP contribution in [0.25, 0.3) is 22.4 Å². The maximum absolute atomic E-state index is 15.4. The molecule has 13 heteroatoms. The predicted molar refractivity (Wildman–Crippen MR) is 161 cm³/mol. The first-order valence-electron chi connectivity index (χ1n) is 13.3. The summed E-state index contributed by atoms with van der Waals surface area (Å²) in [6.07, 6.45) is 1.25. The van der Waals surface area contributed by atoms with Crippen LogP contribution in [0.15, 0.2) is 59.5 Å². The molecule has 1 fully saturated rings. The van der Waals surface area contributed by atoms with E-state index in [-0.39, 0.29) is 57.6 Å². The molecule has 0 radical (unpaired) electrons. The number of aliphatic hydroxyl groups excluding tert-OH is 1. The number of carbonyl (C=O) groups excluding carboxylic acids is 1. The molecule has 5 rings (SSSR count). The number of nitrogens with zero attached hydrogens (tertiary/aromatic N) is 3. The smallest absolute Gasteiger partial charge is 0.279 e. The van der Waals surface area contributed by atoms with E-state index in [4.69, 9.17) is 32.7 Å². The maximum atomic E-state index is 15.4. The molecule has 43 heavy (non-hydrogen) atoms. The molecule has 2 aromatic carbocycles. The fraction of sp³-hybridized carbons (Fsp3) is 0.267. The van der Waals surface area contributed by atoms with E-state index in [1.807, 2.05) is 0 Å². The number of aromatic nitrogens is 3. The molecular weight excluding hydrogens is 600 g/mol. The lowest BCUT2D eigenvalue weighted by Gasteiger charge is -2.28. The number of aliphatic hydroxyl groups is 1. The molecule has 3 N–H and O–H groups in total. The van der Waals surface area contributed by atoms with Gasteiger partial charge in [0.2, 0.25) is 5.88 Å². The van der Waals surface area contributed by atoms with Crippen LogP contribution in [0.3, 0.4) is 0 Å². The number of nitrogens with one attached hydrogen (secondary N) is 2. The molecule has 2 unspecified atom stereocenters. The van der Waals surface area contributed by atoms with Gasteiger partial charge in [-0.05, 0) is 18.6 Å². The number of pyridine rings is 1.